The zero-order valence-corrected chi connectivity index (χ0v) is 17.7. The molecule has 3 aromatic rings. The van der Waals surface area contributed by atoms with Crippen LogP contribution in [0.2, 0.25) is 0 Å². The number of pyridine rings is 1. The third-order valence-electron chi connectivity index (χ3n) is 5.61. The molecule has 1 aliphatic rings. The number of primary amides is 1. The molecule has 1 amide bonds. The summed E-state index contributed by atoms with van der Waals surface area (Å²) >= 11 is 0. The molecule has 4 rings (SSSR count). The van der Waals surface area contributed by atoms with Gasteiger partial charge in [0.05, 0.1) is 11.3 Å². The molecule has 1 aliphatic heterocycles. The molecule has 4 N–H and O–H groups in total. The highest BCUT2D eigenvalue weighted by Crippen LogP contribution is 2.25. The predicted molar refractivity (Wildman–Crippen MR) is 127 cm³/mol. The summed E-state index contributed by atoms with van der Waals surface area (Å²) in [7, 11) is 0. The molecule has 31 heavy (non-hydrogen) atoms. The van der Waals surface area contributed by atoms with Crippen LogP contribution in [0.25, 0.3) is 0 Å². The van der Waals surface area contributed by atoms with Crippen molar-refractivity contribution in [3.05, 3.63) is 78.0 Å². The fourth-order valence-corrected chi connectivity index (χ4v) is 3.89. The number of nitrogens with two attached hydrogens (primary N) is 1. The fraction of sp³-hybridized carbons (Fsp3) is 0.280. The van der Waals surface area contributed by atoms with E-state index in [-0.39, 0.29) is 0 Å². The lowest BCUT2D eigenvalue weighted by Gasteiger charge is -2.23. The maximum absolute atomic E-state index is 11.8. The van der Waals surface area contributed by atoms with Crippen molar-refractivity contribution in [3.8, 4) is 0 Å². The van der Waals surface area contributed by atoms with Gasteiger partial charge in [-0.1, -0.05) is 43.2 Å². The molecule has 6 heteroatoms. The highest BCUT2D eigenvalue weighted by Gasteiger charge is 2.12. The smallest absolute Gasteiger partial charge is 0.252 e. The largest absolute Gasteiger partial charge is 0.380 e. The zero-order chi connectivity index (χ0) is 21.5. The average molecular weight is 416 g/mol. The van der Waals surface area contributed by atoms with Gasteiger partial charge in [-0.05, 0) is 42.7 Å². The third kappa shape index (κ3) is 5.54. The predicted octanol–water partition coefficient (Wildman–Crippen LogP) is 4.92. The monoisotopic (exact) mass is 415 g/mol. The molecule has 1 aromatic heterocycles. The molecule has 160 valence electrons. The summed E-state index contributed by atoms with van der Waals surface area (Å²) in [5, 5.41) is 6.64. The van der Waals surface area contributed by atoms with E-state index in [1.807, 2.05) is 36.4 Å². The fourth-order valence-electron chi connectivity index (χ4n) is 3.89. The molecular formula is C25H29N5O. The van der Waals surface area contributed by atoms with Crippen LogP contribution in [0, 0.1) is 0 Å². The number of hydrogen-bond acceptors (Lipinski definition) is 5. The van der Waals surface area contributed by atoms with Crippen molar-refractivity contribution in [2.75, 3.05) is 28.6 Å². The molecule has 2 aromatic carbocycles. The maximum Gasteiger partial charge on any atom is 0.252 e. The third-order valence-corrected chi connectivity index (χ3v) is 5.61. The van der Waals surface area contributed by atoms with E-state index in [2.05, 4.69) is 44.8 Å². The van der Waals surface area contributed by atoms with Crippen molar-refractivity contribution in [1.29, 1.82) is 0 Å². The number of rotatable bonds is 7. The number of nitrogens with one attached hydrogen (secondary N) is 2. The van der Waals surface area contributed by atoms with E-state index in [9.17, 15) is 4.79 Å². The van der Waals surface area contributed by atoms with Gasteiger partial charge in [-0.15, -0.1) is 0 Å². The molecule has 0 bridgehead atoms. The lowest BCUT2D eigenvalue weighted by Crippen LogP contribution is -2.23. The Morgan fingerprint density at radius 2 is 1.68 bits per heavy atom. The second kappa shape index (κ2) is 9.98. The van der Waals surface area contributed by atoms with Crippen LogP contribution in [0.4, 0.5) is 22.9 Å². The molecule has 1 fully saturated rings. The number of nitrogens with zero attached hydrogens (tertiary/aromatic N) is 2. The second-order valence-corrected chi connectivity index (χ2v) is 7.89. The minimum Gasteiger partial charge on any atom is -0.380 e. The number of anilines is 4. The van der Waals surface area contributed by atoms with Gasteiger partial charge < -0.3 is 21.3 Å². The van der Waals surface area contributed by atoms with Crippen LogP contribution in [0.15, 0.2) is 66.9 Å². The first-order valence-electron chi connectivity index (χ1n) is 10.9. The number of carbonyl (C=O) groups excluding carboxylic acids is 1. The van der Waals surface area contributed by atoms with Crippen molar-refractivity contribution in [2.45, 2.75) is 32.2 Å². The van der Waals surface area contributed by atoms with E-state index in [1.165, 1.54) is 37.6 Å². The Kier molecular flexibility index (Phi) is 6.67. The van der Waals surface area contributed by atoms with E-state index in [1.54, 1.807) is 0 Å². The average Bonchev–Trinajstić information content (AvgIpc) is 3.08. The number of benzene rings is 2. The van der Waals surface area contributed by atoms with Crippen molar-refractivity contribution in [1.82, 2.24) is 4.98 Å². The molecule has 0 saturated carbocycles. The van der Waals surface area contributed by atoms with E-state index >= 15 is 0 Å². The molecular weight excluding hydrogens is 386 g/mol. The van der Waals surface area contributed by atoms with Gasteiger partial charge in [-0.3, -0.25) is 4.79 Å². The Morgan fingerprint density at radius 3 is 2.35 bits per heavy atom. The number of amides is 1. The van der Waals surface area contributed by atoms with Crippen molar-refractivity contribution < 1.29 is 4.79 Å². The SMILES string of the molecule is NC(=O)c1cnc(Nc2ccc(N3CCCCCC3)cc2)cc1NCc1ccccc1. The molecule has 2 heterocycles. The lowest BCUT2D eigenvalue weighted by molar-refractivity contribution is 0.100. The van der Waals surface area contributed by atoms with Crippen LogP contribution in [-0.4, -0.2) is 24.0 Å². The van der Waals surface area contributed by atoms with Crippen LogP contribution in [0.3, 0.4) is 0 Å². The maximum atomic E-state index is 11.8. The Labute approximate surface area is 183 Å². The number of carbonyl (C=O) groups is 1. The summed E-state index contributed by atoms with van der Waals surface area (Å²) < 4.78 is 0. The van der Waals surface area contributed by atoms with Crippen LogP contribution in [0.5, 0.6) is 0 Å². The van der Waals surface area contributed by atoms with Gasteiger partial charge in [0.25, 0.3) is 5.91 Å². The van der Waals surface area contributed by atoms with Crippen molar-refractivity contribution in [2.24, 2.45) is 5.73 Å². The quantitative estimate of drug-likeness (QED) is 0.510. The number of aromatic nitrogens is 1. The Hall–Kier alpha value is -3.54. The molecule has 0 unspecified atom stereocenters. The lowest BCUT2D eigenvalue weighted by atomic mass is 10.2. The Morgan fingerprint density at radius 1 is 0.968 bits per heavy atom. The first-order chi connectivity index (χ1) is 15.2. The summed E-state index contributed by atoms with van der Waals surface area (Å²) in [4.78, 5) is 18.7. The second-order valence-electron chi connectivity index (χ2n) is 7.89. The highest BCUT2D eigenvalue weighted by atomic mass is 16.1. The summed E-state index contributed by atoms with van der Waals surface area (Å²) in [5.74, 6) is 0.152. The van der Waals surface area contributed by atoms with Crippen molar-refractivity contribution >= 4 is 28.8 Å². The van der Waals surface area contributed by atoms with Crippen LogP contribution in [-0.2, 0) is 6.54 Å². The first kappa shape index (κ1) is 20.7. The van der Waals surface area contributed by atoms with Gasteiger partial charge in [0, 0.05) is 43.3 Å². The van der Waals surface area contributed by atoms with Gasteiger partial charge in [-0.25, -0.2) is 4.98 Å². The van der Waals surface area contributed by atoms with Gasteiger partial charge in [0.2, 0.25) is 0 Å². The van der Waals surface area contributed by atoms with Gasteiger partial charge in [-0.2, -0.15) is 0 Å². The van der Waals surface area contributed by atoms with E-state index in [0.29, 0.717) is 23.6 Å². The standard InChI is InChI=1S/C25H29N5O/c26-25(31)22-18-28-24(16-23(22)27-17-19-8-4-3-5-9-19)29-20-10-12-21(13-11-20)30-14-6-1-2-7-15-30/h3-5,8-13,16,18H,1-2,6-7,14-15,17H2,(H2,26,31)(H2,27,28,29). The Bertz CT molecular complexity index is 996. The minimum absolute atomic E-state index is 0.373. The summed E-state index contributed by atoms with van der Waals surface area (Å²) in [6.45, 7) is 2.84. The van der Waals surface area contributed by atoms with E-state index in [0.717, 1.165) is 24.3 Å². The van der Waals surface area contributed by atoms with Crippen LogP contribution in [0.1, 0.15) is 41.6 Å². The summed E-state index contributed by atoms with van der Waals surface area (Å²) in [6, 6.07) is 20.3. The summed E-state index contributed by atoms with van der Waals surface area (Å²) in [5.41, 5.74) is 9.90. The molecule has 0 radical (unpaired) electrons. The zero-order valence-electron chi connectivity index (χ0n) is 17.7. The van der Waals surface area contributed by atoms with E-state index < -0.39 is 5.91 Å². The van der Waals surface area contributed by atoms with Crippen LogP contribution < -0.4 is 21.3 Å². The summed E-state index contributed by atoms with van der Waals surface area (Å²) in [6.07, 6.45) is 6.68. The van der Waals surface area contributed by atoms with Crippen molar-refractivity contribution in [3.63, 3.8) is 0 Å². The molecule has 0 aliphatic carbocycles. The highest BCUT2D eigenvalue weighted by molar-refractivity contribution is 5.98. The van der Waals surface area contributed by atoms with E-state index in [4.69, 9.17) is 5.73 Å². The molecule has 6 nitrogen and oxygen atoms in total. The molecule has 0 atom stereocenters. The Balaban J connectivity index is 1.47. The van der Waals surface area contributed by atoms with Crippen LogP contribution >= 0.6 is 0 Å². The minimum atomic E-state index is -0.503. The topological polar surface area (TPSA) is 83.3 Å². The molecule has 0 spiro atoms. The normalized spacial score (nSPS) is 14.0. The molecule has 1 saturated heterocycles. The number of hydrogen-bond donors (Lipinski definition) is 3. The first-order valence-corrected chi connectivity index (χ1v) is 10.9. The van der Waals surface area contributed by atoms with Gasteiger partial charge in [0.1, 0.15) is 5.82 Å². The van der Waals surface area contributed by atoms with Gasteiger partial charge >= 0.3 is 0 Å². The van der Waals surface area contributed by atoms with Gasteiger partial charge in [0.15, 0.2) is 0 Å².